The zero-order valence-electron chi connectivity index (χ0n) is 13.1. The van der Waals surface area contributed by atoms with Gasteiger partial charge in [-0.25, -0.2) is 4.79 Å². The molecule has 2 N–H and O–H groups in total. The van der Waals surface area contributed by atoms with E-state index in [4.69, 9.17) is 4.74 Å². The lowest BCUT2D eigenvalue weighted by Crippen LogP contribution is -2.35. The van der Waals surface area contributed by atoms with E-state index in [0.29, 0.717) is 12.1 Å². The van der Waals surface area contributed by atoms with Gasteiger partial charge in [-0.2, -0.15) is 0 Å². The van der Waals surface area contributed by atoms with E-state index < -0.39 is 12.1 Å². The van der Waals surface area contributed by atoms with Crippen LogP contribution in [0.5, 0.6) is 5.75 Å². The fraction of sp³-hybridized carbons (Fsp3) is 0.222. The summed E-state index contributed by atoms with van der Waals surface area (Å²) in [6, 6.07) is 13.7. The van der Waals surface area contributed by atoms with Gasteiger partial charge in [-0.15, -0.1) is 0 Å². The quantitative estimate of drug-likeness (QED) is 0.832. The van der Waals surface area contributed by atoms with Crippen LogP contribution in [0.2, 0.25) is 0 Å². The second-order valence-electron chi connectivity index (χ2n) is 5.07. The Bertz CT molecular complexity index is 677. The first-order valence-electron chi connectivity index (χ1n) is 7.39. The number of benzene rings is 2. The maximum Gasteiger partial charge on any atom is 0.338 e. The van der Waals surface area contributed by atoms with Crippen LogP contribution >= 0.6 is 0 Å². The lowest BCUT2D eigenvalue weighted by Gasteiger charge is -2.12. The minimum absolute atomic E-state index is 0.202. The first kappa shape index (κ1) is 16.5. The summed E-state index contributed by atoms with van der Waals surface area (Å²) in [5, 5.41) is 11.9. The van der Waals surface area contributed by atoms with Gasteiger partial charge in [0, 0.05) is 6.54 Å². The highest BCUT2D eigenvalue weighted by atomic mass is 16.5. The first-order valence-corrected chi connectivity index (χ1v) is 7.39. The largest absolute Gasteiger partial charge is 0.508 e. The van der Waals surface area contributed by atoms with Crippen LogP contribution in [-0.4, -0.2) is 29.6 Å². The molecule has 0 fully saturated rings. The van der Waals surface area contributed by atoms with Gasteiger partial charge in [0.2, 0.25) is 0 Å². The summed E-state index contributed by atoms with van der Waals surface area (Å²) >= 11 is 0. The number of phenols is 1. The molecule has 0 aromatic heterocycles. The predicted octanol–water partition coefficient (Wildman–Crippen LogP) is 2.74. The Hall–Kier alpha value is -2.82. The molecule has 5 heteroatoms. The van der Waals surface area contributed by atoms with Crippen molar-refractivity contribution in [2.75, 3.05) is 6.54 Å². The number of carbonyl (C=O) groups is 2. The number of carbonyl (C=O) groups excluding carboxylic acids is 2. The summed E-state index contributed by atoms with van der Waals surface area (Å²) in [5.41, 5.74) is 2.22. The number of likely N-dealkylation sites (N-methyl/N-ethyl adjacent to an activating group) is 1. The normalized spacial score (nSPS) is 11.6. The average molecular weight is 313 g/mol. The van der Waals surface area contributed by atoms with Crippen LogP contribution in [0, 0.1) is 0 Å². The fourth-order valence-electron chi connectivity index (χ4n) is 2.05. The summed E-state index contributed by atoms with van der Waals surface area (Å²) in [5.74, 6) is -0.657. The number of aromatic hydroxyl groups is 1. The van der Waals surface area contributed by atoms with Crippen LogP contribution in [0.25, 0.3) is 11.1 Å². The van der Waals surface area contributed by atoms with Crippen molar-refractivity contribution in [3.8, 4) is 16.9 Å². The zero-order chi connectivity index (χ0) is 16.8. The van der Waals surface area contributed by atoms with Gasteiger partial charge in [0.05, 0.1) is 5.56 Å². The number of ether oxygens (including phenoxy) is 1. The maximum absolute atomic E-state index is 12.0. The molecule has 0 spiro atoms. The van der Waals surface area contributed by atoms with Crippen molar-refractivity contribution in [3.63, 3.8) is 0 Å². The molecule has 23 heavy (non-hydrogen) atoms. The molecule has 0 radical (unpaired) electrons. The van der Waals surface area contributed by atoms with Crippen molar-refractivity contribution in [3.05, 3.63) is 54.1 Å². The minimum atomic E-state index is -0.834. The number of phenolic OH excluding ortho intramolecular Hbond substituents is 1. The average Bonchev–Trinajstić information content (AvgIpc) is 2.56. The van der Waals surface area contributed by atoms with Crippen molar-refractivity contribution in [2.45, 2.75) is 20.0 Å². The number of hydrogen-bond acceptors (Lipinski definition) is 4. The molecule has 0 heterocycles. The minimum Gasteiger partial charge on any atom is -0.508 e. The monoisotopic (exact) mass is 313 g/mol. The van der Waals surface area contributed by atoms with E-state index in [2.05, 4.69) is 5.32 Å². The summed E-state index contributed by atoms with van der Waals surface area (Å²) in [4.78, 5) is 23.6. The predicted molar refractivity (Wildman–Crippen MR) is 87.1 cm³/mol. The number of amides is 1. The standard InChI is InChI=1S/C18H19NO4/c1-3-19-17(21)12(2)23-18(22)15-6-4-13(5-7-15)14-8-10-16(20)11-9-14/h4-12,20H,3H2,1-2H3,(H,19,21)/t12-/m1/s1. The first-order chi connectivity index (χ1) is 11.0. The topological polar surface area (TPSA) is 75.6 Å². The molecule has 120 valence electrons. The molecular formula is C18H19NO4. The molecule has 0 saturated carbocycles. The second-order valence-corrected chi connectivity index (χ2v) is 5.07. The van der Waals surface area contributed by atoms with Crippen molar-refractivity contribution in [2.24, 2.45) is 0 Å². The summed E-state index contributed by atoms with van der Waals surface area (Å²) in [6.07, 6.45) is -0.834. The lowest BCUT2D eigenvalue weighted by atomic mass is 10.0. The van der Waals surface area contributed by atoms with Crippen LogP contribution in [0.15, 0.2) is 48.5 Å². The molecule has 1 amide bonds. The molecule has 0 aliphatic heterocycles. The zero-order valence-corrected chi connectivity index (χ0v) is 13.1. The molecule has 0 bridgehead atoms. The number of nitrogens with one attached hydrogen (secondary N) is 1. The van der Waals surface area contributed by atoms with E-state index in [1.54, 1.807) is 55.5 Å². The third-order valence-electron chi connectivity index (χ3n) is 3.33. The van der Waals surface area contributed by atoms with Gasteiger partial charge in [-0.3, -0.25) is 4.79 Å². The molecular weight excluding hydrogens is 294 g/mol. The van der Waals surface area contributed by atoms with Crippen LogP contribution in [0.1, 0.15) is 24.2 Å². The van der Waals surface area contributed by atoms with Crippen molar-refractivity contribution in [1.29, 1.82) is 0 Å². The molecule has 0 unspecified atom stereocenters. The highest BCUT2D eigenvalue weighted by molar-refractivity contribution is 5.92. The van der Waals surface area contributed by atoms with Crippen molar-refractivity contribution in [1.82, 2.24) is 5.32 Å². The van der Waals surface area contributed by atoms with Crippen molar-refractivity contribution < 1.29 is 19.4 Å². The second kappa shape index (κ2) is 7.45. The van der Waals surface area contributed by atoms with E-state index in [1.807, 2.05) is 0 Å². The Morgan fingerprint density at radius 2 is 1.57 bits per heavy atom. The molecule has 0 aliphatic rings. The summed E-state index contributed by atoms with van der Waals surface area (Å²) in [7, 11) is 0. The Morgan fingerprint density at radius 3 is 2.09 bits per heavy atom. The van der Waals surface area contributed by atoms with Crippen LogP contribution in [0.3, 0.4) is 0 Å². The number of hydrogen-bond donors (Lipinski definition) is 2. The van der Waals surface area contributed by atoms with Gasteiger partial charge < -0.3 is 15.2 Å². The van der Waals surface area contributed by atoms with Gasteiger partial charge in [0.1, 0.15) is 5.75 Å². The maximum atomic E-state index is 12.0. The summed E-state index contributed by atoms with van der Waals surface area (Å²) in [6.45, 7) is 3.82. The molecule has 1 atom stereocenters. The molecule has 0 aliphatic carbocycles. The molecule has 0 saturated heterocycles. The van der Waals surface area contributed by atoms with E-state index in [9.17, 15) is 14.7 Å². The Kier molecular flexibility index (Phi) is 5.36. The van der Waals surface area contributed by atoms with Crippen LogP contribution in [-0.2, 0) is 9.53 Å². The lowest BCUT2D eigenvalue weighted by molar-refractivity contribution is -0.128. The number of rotatable bonds is 5. The fourth-order valence-corrected chi connectivity index (χ4v) is 2.05. The summed E-state index contributed by atoms with van der Waals surface area (Å²) < 4.78 is 5.13. The third kappa shape index (κ3) is 4.32. The van der Waals surface area contributed by atoms with E-state index >= 15 is 0 Å². The SMILES string of the molecule is CCNC(=O)[C@@H](C)OC(=O)c1ccc(-c2ccc(O)cc2)cc1. The molecule has 2 aromatic rings. The molecule has 2 aromatic carbocycles. The van der Waals surface area contributed by atoms with E-state index in [-0.39, 0.29) is 11.7 Å². The molecule has 2 rings (SSSR count). The third-order valence-corrected chi connectivity index (χ3v) is 3.33. The van der Waals surface area contributed by atoms with Crippen molar-refractivity contribution >= 4 is 11.9 Å². The van der Waals surface area contributed by atoms with Gasteiger partial charge in [-0.05, 0) is 49.2 Å². The Morgan fingerprint density at radius 1 is 1.04 bits per heavy atom. The smallest absolute Gasteiger partial charge is 0.338 e. The van der Waals surface area contributed by atoms with Crippen LogP contribution in [0.4, 0.5) is 0 Å². The van der Waals surface area contributed by atoms with Crippen LogP contribution < -0.4 is 5.32 Å². The van der Waals surface area contributed by atoms with Gasteiger partial charge in [0.25, 0.3) is 5.91 Å². The Balaban J connectivity index is 2.05. The highest BCUT2D eigenvalue weighted by Gasteiger charge is 2.18. The Labute approximate surface area is 134 Å². The van der Waals surface area contributed by atoms with Gasteiger partial charge in [0.15, 0.2) is 6.10 Å². The molecule has 5 nitrogen and oxygen atoms in total. The van der Waals surface area contributed by atoms with Gasteiger partial charge in [-0.1, -0.05) is 24.3 Å². The highest BCUT2D eigenvalue weighted by Crippen LogP contribution is 2.22. The van der Waals surface area contributed by atoms with E-state index in [1.165, 1.54) is 6.92 Å². The van der Waals surface area contributed by atoms with Gasteiger partial charge >= 0.3 is 5.97 Å². The number of esters is 1. The van der Waals surface area contributed by atoms with E-state index in [0.717, 1.165) is 11.1 Å².